The lowest BCUT2D eigenvalue weighted by atomic mass is 9.77. The molecule has 1 aromatic rings. The Hall–Kier alpha value is -0.300. The largest absolute Gasteiger partial charge is 0.377 e. The Morgan fingerprint density at radius 3 is 2.80 bits per heavy atom. The number of hydrogen-bond acceptors (Lipinski definition) is 6. The molecule has 1 aliphatic heterocycles. The number of aromatic nitrogens is 2. The number of halogens is 1. The third kappa shape index (κ3) is 3.67. The van der Waals surface area contributed by atoms with Gasteiger partial charge in [0.25, 0.3) is 0 Å². The van der Waals surface area contributed by atoms with Crippen molar-refractivity contribution in [1.29, 1.82) is 0 Å². The molecule has 0 amide bonds. The van der Waals surface area contributed by atoms with Crippen LogP contribution in [0.4, 0.5) is 0 Å². The highest BCUT2D eigenvalue weighted by Crippen LogP contribution is 2.37. The summed E-state index contributed by atoms with van der Waals surface area (Å²) in [7, 11) is 0. The maximum atomic E-state index is 6.17. The molecule has 1 atom stereocenters. The second-order valence-electron chi connectivity index (χ2n) is 5.53. The fraction of sp³-hybridized carbons (Fsp3) is 0.846. The topological polar surface area (TPSA) is 74.2 Å². The Kier molecular flexibility index (Phi) is 5.72. The summed E-state index contributed by atoms with van der Waals surface area (Å²) >= 11 is 1.80. The molecule has 0 aromatic carbocycles. The smallest absolute Gasteiger partial charge is 0.236 e. The number of hydrogen-bond donors (Lipinski definition) is 1. The maximum Gasteiger partial charge on any atom is 0.236 e. The van der Waals surface area contributed by atoms with Crippen LogP contribution in [0.3, 0.4) is 0 Å². The minimum absolute atomic E-state index is 0. The maximum absolute atomic E-state index is 6.17. The van der Waals surface area contributed by atoms with Crippen molar-refractivity contribution < 1.29 is 9.26 Å². The Morgan fingerprint density at radius 1 is 1.30 bits per heavy atom. The highest BCUT2D eigenvalue weighted by atomic mass is 35.5. The standard InChI is InChI=1S/C13H21N3O2S.ClH/c14-13(5-3-6-13)12-15-11(18-16-12)9-19-8-10-4-1-2-7-17-10;/h10H,1-9,14H2;1H. The lowest BCUT2D eigenvalue weighted by Crippen LogP contribution is -2.44. The predicted octanol–water partition coefficient (Wildman–Crippen LogP) is 2.63. The summed E-state index contributed by atoms with van der Waals surface area (Å²) in [6, 6.07) is 0. The first kappa shape index (κ1) is 16.1. The van der Waals surface area contributed by atoms with Gasteiger partial charge in [-0.15, -0.1) is 24.2 Å². The second-order valence-corrected chi connectivity index (χ2v) is 6.56. The fourth-order valence-electron chi connectivity index (χ4n) is 2.51. The van der Waals surface area contributed by atoms with E-state index in [9.17, 15) is 0 Å². The lowest BCUT2D eigenvalue weighted by Gasteiger charge is -2.34. The molecule has 1 saturated carbocycles. The van der Waals surface area contributed by atoms with Gasteiger partial charge in [-0.25, -0.2) is 0 Å². The van der Waals surface area contributed by atoms with E-state index in [1.807, 2.05) is 0 Å². The number of ether oxygens (including phenoxy) is 1. The lowest BCUT2D eigenvalue weighted by molar-refractivity contribution is 0.0315. The summed E-state index contributed by atoms with van der Waals surface area (Å²) in [6.45, 7) is 0.908. The molecular formula is C13H22ClN3O2S. The molecule has 7 heteroatoms. The van der Waals surface area contributed by atoms with Crippen LogP contribution in [0.25, 0.3) is 0 Å². The van der Waals surface area contributed by atoms with Crippen molar-refractivity contribution >= 4 is 24.2 Å². The number of nitrogens with zero attached hydrogens (tertiary/aromatic N) is 2. The van der Waals surface area contributed by atoms with Crippen molar-refractivity contribution in [3.63, 3.8) is 0 Å². The first-order valence-electron chi connectivity index (χ1n) is 7.08. The van der Waals surface area contributed by atoms with Gasteiger partial charge in [0.2, 0.25) is 5.89 Å². The molecular weight excluding hydrogens is 298 g/mol. The van der Waals surface area contributed by atoms with Gasteiger partial charge >= 0.3 is 0 Å². The van der Waals surface area contributed by atoms with Crippen LogP contribution in [0.5, 0.6) is 0 Å². The van der Waals surface area contributed by atoms with Gasteiger partial charge in [-0.2, -0.15) is 4.98 Å². The van der Waals surface area contributed by atoms with Gasteiger partial charge in [-0.3, -0.25) is 0 Å². The highest BCUT2D eigenvalue weighted by molar-refractivity contribution is 7.98. The Balaban J connectivity index is 0.00000147. The van der Waals surface area contributed by atoms with Crippen LogP contribution in [0, 0.1) is 0 Å². The molecule has 2 aliphatic rings. The minimum atomic E-state index is -0.321. The number of nitrogens with two attached hydrogens (primary N) is 1. The molecule has 2 N–H and O–H groups in total. The molecule has 20 heavy (non-hydrogen) atoms. The molecule has 1 unspecified atom stereocenters. The summed E-state index contributed by atoms with van der Waals surface area (Å²) in [5, 5.41) is 4.02. The molecule has 0 spiro atoms. The number of rotatable bonds is 5. The van der Waals surface area contributed by atoms with Crippen molar-refractivity contribution in [2.45, 2.75) is 55.9 Å². The average Bonchev–Trinajstić information content (AvgIpc) is 2.86. The molecule has 0 radical (unpaired) electrons. The van der Waals surface area contributed by atoms with Crippen molar-refractivity contribution in [2.24, 2.45) is 5.73 Å². The number of thioether (sulfide) groups is 1. The van der Waals surface area contributed by atoms with E-state index in [0.29, 0.717) is 17.8 Å². The van der Waals surface area contributed by atoms with Crippen molar-refractivity contribution in [1.82, 2.24) is 10.1 Å². The minimum Gasteiger partial charge on any atom is -0.377 e. The van der Waals surface area contributed by atoms with Gasteiger partial charge in [-0.05, 0) is 38.5 Å². The quantitative estimate of drug-likeness (QED) is 0.899. The molecule has 2 heterocycles. The molecule has 5 nitrogen and oxygen atoms in total. The zero-order valence-corrected chi connectivity index (χ0v) is 13.2. The third-order valence-electron chi connectivity index (χ3n) is 3.96. The normalized spacial score (nSPS) is 24.8. The first-order valence-corrected chi connectivity index (χ1v) is 8.23. The zero-order chi connectivity index (χ0) is 13.1. The Labute approximate surface area is 129 Å². The molecule has 2 fully saturated rings. The van der Waals surface area contributed by atoms with Crippen LogP contribution in [-0.2, 0) is 16.0 Å². The van der Waals surface area contributed by atoms with E-state index in [1.165, 1.54) is 19.3 Å². The van der Waals surface area contributed by atoms with Gasteiger partial charge in [0.1, 0.15) is 0 Å². The monoisotopic (exact) mass is 319 g/mol. The van der Waals surface area contributed by atoms with Crippen LogP contribution in [0.15, 0.2) is 4.52 Å². The van der Waals surface area contributed by atoms with Crippen molar-refractivity contribution in [2.75, 3.05) is 12.4 Å². The summed E-state index contributed by atoms with van der Waals surface area (Å²) in [4.78, 5) is 4.42. The molecule has 3 rings (SSSR count). The summed E-state index contributed by atoms with van der Waals surface area (Å²) in [5.41, 5.74) is 5.85. The van der Waals surface area contributed by atoms with Gasteiger partial charge in [-0.1, -0.05) is 5.16 Å². The summed E-state index contributed by atoms with van der Waals surface area (Å²) < 4.78 is 11.0. The van der Waals surface area contributed by atoms with Crippen LogP contribution in [0.2, 0.25) is 0 Å². The van der Waals surface area contributed by atoms with E-state index < -0.39 is 0 Å². The van der Waals surface area contributed by atoms with Crippen molar-refractivity contribution in [3.8, 4) is 0 Å². The van der Waals surface area contributed by atoms with Crippen LogP contribution in [-0.4, -0.2) is 28.6 Å². The van der Waals surface area contributed by atoms with Gasteiger partial charge in [0.15, 0.2) is 5.82 Å². The molecule has 1 saturated heterocycles. The fourth-order valence-corrected chi connectivity index (χ4v) is 3.45. The molecule has 0 bridgehead atoms. The molecule has 114 valence electrons. The molecule has 1 aromatic heterocycles. The Morgan fingerprint density at radius 2 is 2.15 bits per heavy atom. The highest BCUT2D eigenvalue weighted by Gasteiger charge is 2.38. The van der Waals surface area contributed by atoms with Crippen LogP contribution >= 0.6 is 24.2 Å². The third-order valence-corrected chi connectivity index (χ3v) is 5.02. The average molecular weight is 320 g/mol. The van der Waals surface area contributed by atoms with Crippen LogP contribution in [0.1, 0.15) is 50.2 Å². The first-order chi connectivity index (χ1) is 9.26. The van der Waals surface area contributed by atoms with E-state index in [-0.39, 0.29) is 17.9 Å². The Bertz CT molecular complexity index is 420. The summed E-state index contributed by atoms with van der Waals surface area (Å²) in [6.07, 6.45) is 7.15. The van der Waals surface area contributed by atoms with Gasteiger partial charge in [0.05, 0.1) is 17.4 Å². The van der Waals surface area contributed by atoms with Gasteiger partial charge in [0, 0.05) is 12.4 Å². The molecule has 1 aliphatic carbocycles. The SMILES string of the molecule is Cl.NC1(c2noc(CSCC3CCCCO3)n2)CCC1. The zero-order valence-electron chi connectivity index (χ0n) is 11.5. The van der Waals surface area contributed by atoms with Crippen LogP contribution < -0.4 is 5.73 Å². The van der Waals surface area contributed by atoms with Crippen molar-refractivity contribution in [3.05, 3.63) is 11.7 Å². The van der Waals surface area contributed by atoms with E-state index >= 15 is 0 Å². The summed E-state index contributed by atoms with van der Waals surface area (Å²) in [5.74, 6) is 3.13. The van der Waals surface area contributed by atoms with Gasteiger partial charge < -0.3 is 15.0 Å². The van der Waals surface area contributed by atoms with E-state index in [1.54, 1.807) is 11.8 Å². The van der Waals surface area contributed by atoms with E-state index in [2.05, 4.69) is 10.1 Å². The van der Waals surface area contributed by atoms with E-state index in [0.717, 1.165) is 37.4 Å². The van der Waals surface area contributed by atoms with E-state index in [4.69, 9.17) is 15.0 Å². The second kappa shape index (κ2) is 7.11. The predicted molar refractivity (Wildman–Crippen MR) is 81.0 cm³/mol.